The third kappa shape index (κ3) is 3.74. The summed E-state index contributed by atoms with van der Waals surface area (Å²) in [7, 11) is 0. The largest absolute Gasteiger partial charge is 0.594 e. The van der Waals surface area contributed by atoms with E-state index >= 15 is 0 Å². The summed E-state index contributed by atoms with van der Waals surface area (Å²) in [6, 6.07) is 5.23. The molecule has 0 amide bonds. The summed E-state index contributed by atoms with van der Waals surface area (Å²) in [6.45, 7) is 7.20. The summed E-state index contributed by atoms with van der Waals surface area (Å²) in [5.41, 5.74) is 0.782. The van der Waals surface area contributed by atoms with Crippen molar-refractivity contribution in [2.24, 2.45) is 4.99 Å². The SMILES string of the molecule is Cc1c(Cl)cccc1N=C([O-])OC(C)(C)C. The lowest BCUT2D eigenvalue weighted by atomic mass is 10.2. The molecular weight excluding hydrogens is 226 g/mol. The molecule has 0 aliphatic carbocycles. The molecule has 88 valence electrons. The van der Waals surface area contributed by atoms with E-state index in [2.05, 4.69) is 4.99 Å². The van der Waals surface area contributed by atoms with E-state index in [1.165, 1.54) is 0 Å². The van der Waals surface area contributed by atoms with Gasteiger partial charge in [-0.15, -0.1) is 0 Å². The lowest BCUT2D eigenvalue weighted by Crippen LogP contribution is -2.31. The van der Waals surface area contributed by atoms with Crippen LogP contribution in [0.1, 0.15) is 26.3 Å². The highest BCUT2D eigenvalue weighted by molar-refractivity contribution is 6.31. The first-order valence-electron chi connectivity index (χ1n) is 4.99. The molecule has 0 unspecified atom stereocenters. The standard InChI is InChI=1S/C12H16ClNO2/c1-8-9(13)6-5-7-10(8)14-11(15)16-12(2,3)4/h5-7H,1-4H3,(H,14,15)/p-1. The molecule has 0 saturated carbocycles. The van der Waals surface area contributed by atoms with Crippen molar-refractivity contribution < 1.29 is 9.84 Å². The fraction of sp³-hybridized carbons (Fsp3) is 0.417. The maximum atomic E-state index is 11.5. The number of hydrogen-bond donors (Lipinski definition) is 0. The van der Waals surface area contributed by atoms with Gasteiger partial charge in [-0.2, -0.15) is 0 Å². The Hall–Kier alpha value is -1.22. The van der Waals surface area contributed by atoms with Crippen LogP contribution in [0.3, 0.4) is 0 Å². The fourth-order valence-electron chi connectivity index (χ4n) is 1.10. The topological polar surface area (TPSA) is 44.7 Å². The van der Waals surface area contributed by atoms with E-state index in [0.717, 1.165) is 5.56 Å². The highest BCUT2D eigenvalue weighted by Gasteiger charge is 2.05. The molecule has 0 aliphatic rings. The second kappa shape index (κ2) is 4.74. The Morgan fingerprint density at radius 3 is 2.56 bits per heavy atom. The van der Waals surface area contributed by atoms with Gasteiger partial charge in [0.1, 0.15) is 0 Å². The van der Waals surface area contributed by atoms with E-state index in [0.29, 0.717) is 10.7 Å². The molecule has 0 atom stereocenters. The van der Waals surface area contributed by atoms with Crippen LogP contribution in [-0.4, -0.2) is 11.7 Å². The van der Waals surface area contributed by atoms with Crippen LogP contribution >= 0.6 is 11.6 Å². The molecular formula is C12H15ClNO2-. The summed E-state index contributed by atoms with van der Waals surface area (Å²) in [5.74, 6) is 0. The van der Waals surface area contributed by atoms with Crippen LogP contribution in [0.4, 0.5) is 5.69 Å². The van der Waals surface area contributed by atoms with Gasteiger partial charge in [0.2, 0.25) is 0 Å². The minimum absolute atomic E-state index is 0.535. The molecule has 0 heterocycles. The lowest BCUT2D eigenvalue weighted by Gasteiger charge is -2.29. The molecule has 0 spiro atoms. The van der Waals surface area contributed by atoms with Crippen molar-refractivity contribution in [3.8, 4) is 0 Å². The van der Waals surface area contributed by atoms with Gasteiger partial charge in [0.15, 0.2) is 6.08 Å². The minimum atomic E-state index is -0.599. The van der Waals surface area contributed by atoms with E-state index in [9.17, 15) is 5.11 Å². The monoisotopic (exact) mass is 240 g/mol. The molecule has 1 aromatic rings. The van der Waals surface area contributed by atoms with Gasteiger partial charge in [0.25, 0.3) is 0 Å². The molecule has 0 aromatic heterocycles. The second-order valence-corrected chi connectivity index (χ2v) is 4.88. The molecule has 1 rings (SSSR count). The van der Waals surface area contributed by atoms with E-state index < -0.39 is 11.7 Å². The molecule has 0 aliphatic heterocycles. The number of ether oxygens (including phenoxy) is 1. The predicted molar refractivity (Wildman–Crippen MR) is 64.1 cm³/mol. The fourth-order valence-corrected chi connectivity index (χ4v) is 1.27. The average molecular weight is 241 g/mol. The molecule has 0 saturated heterocycles. The molecule has 0 N–H and O–H groups in total. The smallest absolute Gasteiger partial charge is 0.151 e. The Labute approximate surface area is 101 Å². The zero-order chi connectivity index (χ0) is 12.3. The summed E-state index contributed by atoms with van der Waals surface area (Å²) >= 11 is 5.92. The number of nitrogens with zero attached hydrogens (tertiary/aromatic N) is 1. The van der Waals surface area contributed by atoms with Crippen molar-refractivity contribution >= 4 is 23.4 Å². The van der Waals surface area contributed by atoms with Crippen molar-refractivity contribution in [3.63, 3.8) is 0 Å². The Bertz CT molecular complexity index is 408. The second-order valence-electron chi connectivity index (χ2n) is 4.48. The van der Waals surface area contributed by atoms with Crippen molar-refractivity contribution in [3.05, 3.63) is 28.8 Å². The van der Waals surface area contributed by atoms with Gasteiger partial charge in [-0.1, -0.05) is 38.4 Å². The molecule has 16 heavy (non-hydrogen) atoms. The first-order chi connectivity index (χ1) is 7.29. The number of aliphatic imine (C=N–C) groups is 1. The molecule has 0 bridgehead atoms. The molecule has 0 radical (unpaired) electrons. The van der Waals surface area contributed by atoms with E-state index in [1.807, 2.05) is 6.92 Å². The molecule has 1 aromatic carbocycles. The van der Waals surface area contributed by atoms with Crippen LogP contribution in [0.5, 0.6) is 0 Å². The quantitative estimate of drug-likeness (QED) is 0.560. The van der Waals surface area contributed by atoms with Gasteiger partial charge < -0.3 is 9.84 Å². The molecule has 0 fully saturated rings. The third-order valence-electron chi connectivity index (χ3n) is 1.84. The Kier molecular flexibility index (Phi) is 3.81. The van der Waals surface area contributed by atoms with Crippen LogP contribution in [-0.2, 0) is 4.74 Å². The molecule has 4 heteroatoms. The first-order valence-corrected chi connectivity index (χ1v) is 5.37. The van der Waals surface area contributed by atoms with Crippen molar-refractivity contribution in [2.45, 2.75) is 33.3 Å². The average Bonchev–Trinajstić information content (AvgIpc) is 2.09. The minimum Gasteiger partial charge on any atom is -0.594 e. The number of benzene rings is 1. The lowest BCUT2D eigenvalue weighted by molar-refractivity contribution is -0.259. The van der Waals surface area contributed by atoms with E-state index in [1.54, 1.807) is 39.0 Å². The predicted octanol–water partition coefficient (Wildman–Crippen LogP) is 2.81. The van der Waals surface area contributed by atoms with Crippen LogP contribution in [0.25, 0.3) is 0 Å². The van der Waals surface area contributed by atoms with Gasteiger partial charge in [0.05, 0.1) is 5.69 Å². The van der Waals surface area contributed by atoms with Crippen LogP contribution in [0, 0.1) is 6.92 Å². The zero-order valence-electron chi connectivity index (χ0n) is 9.87. The first kappa shape index (κ1) is 12.8. The maximum absolute atomic E-state index is 11.5. The van der Waals surface area contributed by atoms with Crippen LogP contribution in [0.15, 0.2) is 23.2 Å². The third-order valence-corrected chi connectivity index (χ3v) is 2.25. The van der Waals surface area contributed by atoms with Gasteiger partial charge in [-0.05, 0) is 24.6 Å². The van der Waals surface area contributed by atoms with Gasteiger partial charge in [-0.25, -0.2) is 4.99 Å². The Balaban J connectivity index is 2.95. The summed E-state index contributed by atoms with van der Waals surface area (Å²) in [4.78, 5) is 3.86. The van der Waals surface area contributed by atoms with Crippen molar-refractivity contribution in [2.75, 3.05) is 0 Å². The Morgan fingerprint density at radius 1 is 1.38 bits per heavy atom. The zero-order valence-corrected chi connectivity index (χ0v) is 10.6. The van der Waals surface area contributed by atoms with E-state index in [4.69, 9.17) is 16.3 Å². The van der Waals surface area contributed by atoms with Gasteiger partial charge in [-0.3, -0.25) is 0 Å². The van der Waals surface area contributed by atoms with Gasteiger partial charge in [0, 0.05) is 10.6 Å². The van der Waals surface area contributed by atoms with Crippen molar-refractivity contribution in [1.82, 2.24) is 0 Å². The number of rotatable bonds is 1. The number of halogens is 1. The van der Waals surface area contributed by atoms with E-state index in [-0.39, 0.29) is 0 Å². The normalized spacial score (nSPS) is 12.7. The summed E-state index contributed by atoms with van der Waals surface area (Å²) < 4.78 is 5.09. The Morgan fingerprint density at radius 2 is 2.00 bits per heavy atom. The maximum Gasteiger partial charge on any atom is 0.151 e. The number of hydrogen-bond acceptors (Lipinski definition) is 3. The van der Waals surface area contributed by atoms with Crippen LogP contribution < -0.4 is 5.11 Å². The molecule has 3 nitrogen and oxygen atoms in total. The highest BCUT2D eigenvalue weighted by atomic mass is 35.5. The van der Waals surface area contributed by atoms with Crippen molar-refractivity contribution in [1.29, 1.82) is 0 Å². The van der Waals surface area contributed by atoms with Crippen LogP contribution in [0.2, 0.25) is 5.02 Å². The highest BCUT2D eigenvalue weighted by Crippen LogP contribution is 2.25. The summed E-state index contributed by atoms with van der Waals surface area (Å²) in [6.07, 6.45) is -0.599. The summed E-state index contributed by atoms with van der Waals surface area (Å²) in [5, 5.41) is 12.0. The van der Waals surface area contributed by atoms with Gasteiger partial charge >= 0.3 is 0 Å².